The predicted octanol–water partition coefficient (Wildman–Crippen LogP) is 3.71. The molecule has 3 amide bonds. The number of carbonyl (C=O) groups is 3. The van der Waals surface area contributed by atoms with Crippen LogP contribution in [0.2, 0.25) is 0 Å². The van der Waals surface area contributed by atoms with Gasteiger partial charge in [0.05, 0.1) is 0 Å². The van der Waals surface area contributed by atoms with Gasteiger partial charge < -0.3 is 20.7 Å². The predicted molar refractivity (Wildman–Crippen MR) is 108 cm³/mol. The monoisotopic (exact) mass is 383 g/mol. The molecule has 0 spiro atoms. The average Bonchev–Trinajstić information content (AvgIpc) is 2.59. The van der Waals surface area contributed by atoms with E-state index in [0.717, 1.165) is 5.56 Å². The highest BCUT2D eigenvalue weighted by Gasteiger charge is 2.16. The van der Waals surface area contributed by atoms with Gasteiger partial charge in [-0.3, -0.25) is 9.59 Å². The van der Waals surface area contributed by atoms with Crippen molar-refractivity contribution in [1.29, 1.82) is 0 Å². The smallest absolute Gasteiger partial charge is 0.408 e. The summed E-state index contributed by atoms with van der Waals surface area (Å²) in [5, 5.41) is 7.84. The molecule has 0 bridgehead atoms. The fourth-order valence-electron chi connectivity index (χ4n) is 2.25. The van der Waals surface area contributed by atoms with Gasteiger partial charge in [0.2, 0.25) is 5.91 Å². The van der Waals surface area contributed by atoms with Crippen LogP contribution in [0.5, 0.6) is 0 Å². The van der Waals surface area contributed by atoms with Gasteiger partial charge in [-0.25, -0.2) is 4.79 Å². The summed E-state index contributed by atoms with van der Waals surface area (Å²) in [6.45, 7) is 6.94. The Kier molecular flexibility index (Phi) is 6.76. The van der Waals surface area contributed by atoms with Crippen molar-refractivity contribution in [3.05, 3.63) is 59.7 Å². The lowest BCUT2D eigenvalue weighted by atomic mass is 10.1. The summed E-state index contributed by atoms with van der Waals surface area (Å²) in [5.41, 5.74) is 2.02. The number of hydrogen-bond acceptors (Lipinski definition) is 4. The first kappa shape index (κ1) is 21.0. The third kappa shape index (κ3) is 7.11. The van der Waals surface area contributed by atoms with E-state index in [1.807, 2.05) is 19.1 Å². The number of aryl methyl sites for hydroxylation is 1. The highest BCUT2D eigenvalue weighted by Crippen LogP contribution is 2.16. The van der Waals surface area contributed by atoms with Crippen LogP contribution in [-0.4, -0.2) is 30.1 Å². The molecule has 7 heteroatoms. The molecular formula is C21H25N3O4. The van der Waals surface area contributed by atoms with E-state index in [0.29, 0.717) is 16.9 Å². The first-order valence-electron chi connectivity index (χ1n) is 8.87. The average molecular weight is 383 g/mol. The fourth-order valence-corrected chi connectivity index (χ4v) is 2.25. The summed E-state index contributed by atoms with van der Waals surface area (Å²) in [6.07, 6.45) is -0.665. The minimum absolute atomic E-state index is 0.227. The Morgan fingerprint density at radius 1 is 0.929 bits per heavy atom. The third-order valence-electron chi connectivity index (χ3n) is 3.51. The highest BCUT2D eigenvalue weighted by atomic mass is 16.6. The van der Waals surface area contributed by atoms with Crippen LogP contribution >= 0.6 is 0 Å². The Morgan fingerprint density at radius 3 is 2.14 bits per heavy atom. The third-order valence-corrected chi connectivity index (χ3v) is 3.51. The molecule has 28 heavy (non-hydrogen) atoms. The van der Waals surface area contributed by atoms with Gasteiger partial charge in [0.15, 0.2) is 0 Å². The van der Waals surface area contributed by atoms with E-state index in [4.69, 9.17) is 4.74 Å². The second kappa shape index (κ2) is 9.03. The maximum absolute atomic E-state index is 12.3. The summed E-state index contributed by atoms with van der Waals surface area (Å²) < 4.78 is 5.07. The van der Waals surface area contributed by atoms with E-state index < -0.39 is 17.6 Å². The Hall–Kier alpha value is -3.35. The minimum Gasteiger partial charge on any atom is -0.444 e. The number of anilines is 2. The Balaban J connectivity index is 1.90. The Bertz CT molecular complexity index is 855. The van der Waals surface area contributed by atoms with Crippen LogP contribution in [0, 0.1) is 6.92 Å². The van der Waals surface area contributed by atoms with Gasteiger partial charge >= 0.3 is 6.09 Å². The molecule has 0 aliphatic heterocycles. The van der Waals surface area contributed by atoms with Crippen LogP contribution in [0.15, 0.2) is 48.5 Å². The molecule has 0 saturated heterocycles. The highest BCUT2D eigenvalue weighted by molar-refractivity contribution is 6.04. The van der Waals surface area contributed by atoms with E-state index >= 15 is 0 Å². The molecular weight excluding hydrogens is 358 g/mol. The van der Waals surface area contributed by atoms with Crippen LogP contribution in [0.25, 0.3) is 0 Å². The molecule has 2 aromatic carbocycles. The second-order valence-electron chi connectivity index (χ2n) is 7.30. The maximum Gasteiger partial charge on any atom is 0.408 e. The van der Waals surface area contributed by atoms with Gasteiger partial charge in [0.1, 0.15) is 12.1 Å². The molecule has 0 saturated carbocycles. The largest absolute Gasteiger partial charge is 0.444 e. The van der Waals surface area contributed by atoms with Crippen LogP contribution in [0.1, 0.15) is 36.7 Å². The first-order valence-corrected chi connectivity index (χ1v) is 8.87. The number of hydrogen-bond donors (Lipinski definition) is 3. The zero-order valence-electron chi connectivity index (χ0n) is 16.5. The van der Waals surface area contributed by atoms with E-state index in [2.05, 4.69) is 16.0 Å². The Morgan fingerprint density at radius 2 is 1.54 bits per heavy atom. The van der Waals surface area contributed by atoms with Crippen LogP contribution in [-0.2, 0) is 9.53 Å². The van der Waals surface area contributed by atoms with E-state index in [-0.39, 0.29) is 12.5 Å². The Labute approximate surface area is 164 Å². The normalized spacial score (nSPS) is 10.7. The number of benzene rings is 2. The van der Waals surface area contributed by atoms with Crippen molar-refractivity contribution in [1.82, 2.24) is 5.32 Å². The molecule has 0 aliphatic rings. The lowest BCUT2D eigenvalue weighted by molar-refractivity contribution is -0.115. The summed E-state index contributed by atoms with van der Waals surface area (Å²) in [5.74, 6) is -0.650. The van der Waals surface area contributed by atoms with Crippen molar-refractivity contribution >= 4 is 29.3 Å². The van der Waals surface area contributed by atoms with Gasteiger partial charge in [-0.05, 0) is 58.0 Å². The molecule has 3 N–H and O–H groups in total. The zero-order valence-corrected chi connectivity index (χ0v) is 16.5. The van der Waals surface area contributed by atoms with Crippen molar-refractivity contribution in [3.63, 3.8) is 0 Å². The van der Waals surface area contributed by atoms with Crippen LogP contribution in [0.3, 0.4) is 0 Å². The summed E-state index contributed by atoms with van der Waals surface area (Å²) in [6, 6.07) is 14.0. The molecule has 0 aliphatic carbocycles. The molecule has 0 radical (unpaired) electrons. The lowest BCUT2D eigenvalue weighted by Gasteiger charge is -2.19. The molecule has 0 unspecified atom stereocenters. The van der Waals surface area contributed by atoms with Gasteiger partial charge in [-0.1, -0.05) is 23.8 Å². The van der Waals surface area contributed by atoms with Crippen molar-refractivity contribution in [2.24, 2.45) is 0 Å². The molecule has 0 atom stereocenters. The molecule has 2 rings (SSSR count). The molecule has 0 aromatic heterocycles. The van der Waals surface area contributed by atoms with Crippen molar-refractivity contribution in [3.8, 4) is 0 Å². The quantitative estimate of drug-likeness (QED) is 0.733. The van der Waals surface area contributed by atoms with Gasteiger partial charge in [0.25, 0.3) is 5.91 Å². The van der Waals surface area contributed by atoms with Crippen molar-refractivity contribution in [2.75, 3.05) is 17.2 Å². The number of carbonyl (C=O) groups excluding carboxylic acids is 3. The minimum atomic E-state index is -0.665. The lowest BCUT2D eigenvalue weighted by Crippen LogP contribution is -2.37. The van der Waals surface area contributed by atoms with Gasteiger partial charge in [0, 0.05) is 16.9 Å². The molecule has 2 aromatic rings. The zero-order chi connectivity index (χ0) is 20.7. The van der Waals surface area contributed by atoms with E-state index in [1.54, 1.807) is 57.2 Å². The van der Waals surface area contributed by atoms with Crippen molar-refractivity contribution < 1.29 is 19.1 Å². The number of amides is 3. The van der Waals surface area contributed by atoms with Crippen LogP contribution in [0.4, 0.5) is 16.2 Å². The standard InChI is InChI=1S/C21H25N3O4/c1-14-8-10-15(11-9-14)19(26)24-17-7-5-6-16(12-17)23-18(25)13-22-20(27)28-21(2,3)4/h5-12H,13H2,1-4H3,(H,22,27)(H,23,25)(H,24,26). The number of alkyl carbamates (subject to hydrolysis) is 1. The summed E-state index contributed by atoms with van der Waals surface area (Å²) in [7, 11) is 0. The SMILES string of the molecule is Cc1ccc(C(=O)Nc2cccc(NC(=O)CNC(=O)OC(C)(C)C)c2)cc1. The second-order valence-corrected chi connectivity index (χ2v) is 7.30. The number of nitrogens with one attached hydrogen (secondary N) is 3. The first-order chi connectivity index (χ1) is 13.1. The van der Waals surface area contributed by atoms with Crippen LogP contribution < -0.4 is 16.0 Å². The number of ether oxygens (including phenoxy) is 1. The number of rotatable bonds is 5. The molecule has 0 heterocycles. The maximum atomic E-state index is 12.3. The molecule has 7 nitrogen and oxygen atoms in total. The summed E-state index contributed by atoms with van der Waals surface area (Å²) >= 11 is 0. The molecule has 148 valence electrons. The van der Waals surface area contributed by atoms with E-state index in [9.17, 15) is 14.4 Å². The summed E-state index contributed by atoms with van der Waals surface area (Å²) in [4.78, 5) is 35.9. The van der Waals surface area contributed by atoms with E-state index in [1.165, 1.54) is 0 Å². The van der Waals surface area contributed by atoms with Gasteiger partial charge in [-0.15, -0.1) is 0 Å². The topological polar surface area (TPSA) is 96.5 Å². The van der Waals surface area contributed by atoms with Gasteiger partial charge in [-0.2, -0.15) is 0 Å². The fraction of sp³-hybridized carbons (Fsp3) is 0.286. The van der Waals surface area contributed by atoms with Crippen molar-refractivity contribution in [2.45, 2.75) is 33.3 Å². The molecule has 0 fully saturated rings.